The van der Waals surface area contributed by atoms with E-state index in [0.29, 0.717) is 6.54 Å². The summed E-state index contributed by atoms with van der Waals surface area (Å²) in [5.74, 6) is 2.74. The second kappa shape index (κ2) is 4.31. The Bertz CT molecular complexity index is 539. The van der Waals surface area contributed by atoms with Crippen molar-refractivity contribution in [3.63, 3.8) is 0 Å². The summed E-state index contributed by atoms with van der Waals surface area (Å²) in [5, 5.41) is 0. The van der Waals surface area contributed by atoms with Gasteiger partial charge in [0.1, 0.15) is 5.82 Å². The Kier molecular flexibility index (Phi) is 2.78. The first kappa shape index (κ1) is 11.6. The number of hydrogen-bond acceptors (Lipinski definition) is 4. The van der Waals surface area contributed by atoms with Crippen LogP contribution in [0.25, 0.3) is 0 Å². The lowest BCUT2D eigenvalue weighted by atomic mass is 10.2. The first-order valence-electron chi connectivity index (χ1n) is 5.90. The second-order valence-electron chi connectivity index (χ2n) is 4.73. The average Bonchev–Trinajstić information content (AvgIpc) is 2.93. The topological polar surface area (TPSA) is 36.4 Å². The van der Waals surface area contributed by atoms with E-state index in [2.05, 4.69) is 4.98 Å². The molecular formula is C13H15N3OS. The van der Waals surface area contributed by atoms with Crippen molar-refractivity contribution in [2.45, 2.75) is 0 Å². The van der Waals surface area contributed by atoms with Gasteiger partial charge in [0.15, 0.2) is 0 Å². The maximum atomic E-state index is 12.3. The predicted molar refractivity (Wildman–Crippen MR) is 75.3 cm³/mol. The highest BCUT2D eigenvalue weighted by atomic mass is 32.2. The van der Waals surface area contributed by atoms with Crippen molar-refractivity contribution in [3.05, 3.63) is 29.5 Å². The molecule has 0 spiro atoms. The van der Waals surface area contributed by atoms with Crippen LogP contribution in [0.2, 0.25) is 0 Å². The molecule has 0 atom stereocenters. The fourth-order valence-corrected chi connectivity index (χ4v) is 3.41. The number of pyridine rings is 1. The van der Waals surface area contributed by atoms with Crippen molar-refractivity contribution in [2.75, 3.05) is 41.9 Å². The molecule has 0 N–H and O–H groups in total. The number of thioether (sulfide) groups is 1. The second-order valence-corrected chi connectivity index (χ2v) is 5.72. The summed E-state index contributed by atoms with van der Waals surface area (Å²) in [6.45, 7) is 0.713. The number of hydrogen-bond donors (Lipinski definition) is 0. The standard InChI is InChI=1S/C13H15N3OS/c1-15(2)10-3-4-14-12(5-10)16-6-9-7-18-8-11(9)13(16)17/h3-5H,6-8H2,1-2H3. The van der Waals surface area contributed by atoms with Crippen LogP contribution in [0.5, 0.6) is 0 Å². The quantitative estimate of drug-likeness (QED) is 0.809. The zero-order chi connectivity index (χ0) is 12.7. The highest BCUT2D eigenvalue weighted by Gasteiger charge is 2.34. The van der Waals surface area contributed by atoms with Gasteiger partial charge in [0.05, 0.1) is 6.54 Å². The van der Waals surface area contributed by atoms with Gasteiger partial charge in [0.25, 0.3) is 5.91 Å². The minimum atomic E-state index is 0.137. The van der Waals surface area contributed by atoms with Crippen LogP contribution >= 0.6 is 11.8 Å². The van der Waals surface area contributed by atoms with Crippen LogP contribution in [0.1, 0.15) is 0 Å². The van der Waals surface area contributed by atoms with Crippen molar-refractivity contribution < 1.29 is 4.79 Å². The van der Waals surface area contributed by atoms with Crippen molar-refractivity contribution in [3.8, 4) is 0 Å². The Morgan fingerprint density at radius 3 is 2.94 bits per heavy atom. The van der Waals surface area contributed by atoms with Gasteiger partial charge >= 0.3 is 0 Å². The molecule has 1 aromatic rings. The average molecular weight is 261 g/mol. The summed E-state index contributed by atoms with van der Waals surface area (Å²) in [5.41, 5.74) is 3.34. The number of anilines is 2. The van der Waals surface area contributed by atoms with Gasteiger partial charge in [-0.15, -0.1) is 0 Å². The van der Waals surface area contributed by atoms with Crippen molar-refractivity contribution in [1.29, 1.82) is 0 Å². The minimum absolute atomic E-state index is 0.137. The van der Waals surface area contributed by atoms with Gasteiger partial charge in [-0.3, -0.25) is 9.69 Å². The zero-order valence-corrected chi connectivity index (χ0v) is 11.3. The summed E-state index contributed by atoms with van der Waals surface area (Å²) in [7, 11) is 3.97. The summed E-state index contributed by atoms with van der Waals surface area (Å²) >= 11 is 1.82. The Morgan fingerprint density at radius 2 is 2.22 bits per heavy atom. The lowest BCUT2D eigenvalue weighted by Gasteiger charge is -2.19. The van der Waals surface area contributed by atoms with Gasteiger partial charge in [0.2, 0.25) is 0 Å². The van der Waals surface area contributed by atoms with Crippen molar-refractivity contribution in [1.82, 2.24) is 4.98 Å². The molecule has 18 heavy (non-hydrogen) atoms. The molecule has 0 radical (unpaired) electrons. The highest BCUT2D eigenvalue weighted by Crippen LogP contribution is 2.34. The van der Waals surface area contributed by atoms with Gasteiger partial charge in [-0.05, 0) is 11.6 Å². The third-order valence-electron chi connectivity index (χ3n) is 3.32. The van der Waals surface area contributed by atoms with Crippen LogP contribution in [-0.4, -0.2) is 43.0 Å². The molecule has 1 amide bonds. The first-order valence-corrected chi connectivity index (χ1v) is 7.06. The van der Waals surface area contributed by atoms with E-state index in [1.165, 1.54) is 5.57 Å². The van der Waals surface area contributed by atoms with Crippen molar-refractivity contribution in [2.24, 2.45) is 0 Å². The Morgan fingerprint density at radius 1 is 1.39 bits per heavy atom. The van der Waals surface area contributed by atoms with Gasteiger partial charge in [-0.25, -0.2) is 4.98 Å². The summed E-state index contributed by atoms with van der Waals surface area (Å²) in [6.07, 6.45) is 1.76. The number of aromatic nitrogens is 1. The number of carbonyl (C=O) groups is 1. The maximum absolute atomic E-state index is 12.3. The largest absolute Gasteiger partial charge is 0.378 e. The highest BCUT2D eigenvalue weighted by molar-refractivity contribution is 8.00. The van der Waals surface area contributed by atoms with Crippen LogP contribution in [0.15, 0.2) is 29.5 Å². The fraction of sp³-hybridized carbons (Fsp3) is 0.385. The SMILES string of the molecule is CN(C)c1ccnc(N2CC3=C(CSC3)C2=O)c1. The van der Waals surface area contributed by atoms with Gasteiger partial charge in [-0.2, -0.15) is 11.8 Å². The van der Waals surface area contributed by atoms with Gasteiger partial charge in [0, 0.05) is 49.1 Å². The van der Waals surface area contributed by atoms with Crippen molar-refractivity contribution >= 4 is 29.2 Å². The number of nitrogens with zero attached hydrogens (tertiary/aromatic N) is 3. The third kappa shape index (κ3) is 1.79. The van der Waals surface area contributed by atoms with E-state index in [9.17, 15) is 4.79 Å². The molecular weight excluding hydrogens is 246 g/mol. The van der Waals surface area contributed by atoms with E-state index in [1.807, 2.05) is 42.9 Å². The molecule has 0 unspecified atom stereocenters. The van der Waals surface area contributed by atoms with E-state index in [-0.39, 0.29) is 5.91 Å². The minimum Gasteiger partial charge on any atom is -0.378 e. The lowest BCUT2D eigenvalue weighted by Crippen LogP contribution is -2.29. The third-order valence-corrected chi connectivity index (χ3v) is 4.37. The van der Waals surface area contributed by atoms with E-state index < -0.39 is 0 Å². The molecule has 0 saturated carbocycles. The Labute approximate surface area is 111 Å². The summed E-state index contributed by atoms with van der Waals surface area (Å²) < 4.78 is 0. The molecule has 2 aliphatic heterocycles. The molecule has 4 nitrogen and oxygen atoms in total. The molecule has 3 heterocycles. The molecule has 0 aliphatic carbocycles. The smallest absolute Gasteiger partial charge is 0.256 e. The van der Waals surface area contributed by atoms with Crippen LogP contribution in [0.3, 0.4) is 0 Å². The lowest BCUT2D eigenvalue weighted by molar-refractivity contribution is -0.114. The van der Waals surface area contributed by atoms with Crippen LogP contribution in [0.4, 0.5) is 11.5 Å². The van der Waals surface area contributed by atoms with E-state index in [1.54, 1.807) is 11.1 Å². The van der Waals surface area contributed by atoms with Crippen LogP contribution in [-0.2, 0) is 4.79 Å². The molecule has 94 valence electrons. The molecule has 0 aromatic carbocycles. The zero-order valence-electron chi connectivity index (χ0n) is 10.5. The fourth-order valence-electron chi connectivity index (χ4n) is 2.26. The van der Waals surface area contributed by atoms with Crippen LogP contribution in [0, 0.1) is 0 Å². The van der Waals surface area contributed by atoms with Gasteiger partial charge in [-0.1, -0.05) is 0 Å². The maximum Gasteiger partial charge on any atom is 0.256 e. The predicted octanol–water partition coefficient (Wildman–Crippen LogP) is 1.54. The first-order chi connectivity index (χ1) is 8.66. The molecule has 5 heteroatoms. The van der Waals surface area contributed by atoms with Gasteiger partial charge < -0.3 is 4.90 Å². The van der Waals surface area contributed by atoms with E-state index >= 15 is 0 Å². The van der Waals surface area contributed by atoms with E-state index in [4.69, 9.17) is 0 Å². The molecule has 0 fully saturated rings. The molecule has 1 aromatic heterocycles. The molecule has 3 rings (SSSR count). The summed E-state index contributed by atoms with van der Waals surface area (Å²) in [4.78, 5) is 20.4. The number of carbonyl (C=O) groups excluding carboxylic acids is 1. The summed E-state index contributed by atoms with van der Waals surface area (Å²) in [6, 6.07) is 3.91. The molecule has 0 bridgehead atoms. The van der Waals surface area contributed by atoms with Crippen LogP contribution < -0.4 is 9.80 Å². The Hall–Kier alpha value is -1.49. The molecule has 2 aliphatic rings. The number of amides is 1. The normalized spacial score (nSPS) is 18.6. The monoisotopic (exact) mass is 261 g/mol. The Balaban J connectivity index is 1.89. The number of rotatable bonds is 2. The molecule has 0 saturated heterocycles. The van der Waals surface area contributed by atoms with E-state index in [0.717, 1.165) is 28.6 Å².